The van der Waals surface area contributed by atoms with E-state index < -0.39 is 0 Å². The second-order valence-corrected chi connectivity index (χ2v) is 8.43. The van der Waals surface area contributed by atoms with Crippen LogP contribution in [0.3, 0.4) is 0 Å². The van der Waals surface area contributed by atoms with Gasteiger partial charge in [-0.1, -0.05) is 29.4 Å². The Morgan fingerprint density at radius 3 is 2.76 bits per heavy atom. The average molecular weight is 446 g/mol. The first-order chi connectivity index (χ1) is 14.2. The van der Waals surface area contributed by atoms with Crippen molar-refractivity contribution in [3.63, 3.8) is 0 Å². The van der Waals surface area contributed by atoms with E-state index in [1.807, 2.05) is 54.6 Å². The van der Waals surface area contributed by atoms with Crippen molar-refractivity contribution in [1.82, 2.24) is 15.2 Å². The van der Waals surface area contributed by atoms with Crippen LogP contribution in [-0.2, 0) is 4.74 Å². The van der Waals surface area contributed by atoms with Gasteiger partial charge in [0.05, 0.1) is 18.3 Å². The molecule has 0 bridgehead atoms. The van der Waals surface area contributed by atoms with Crippen molar-refractivity contribution in [2.75, 3.05) is 20.3 Å². The Morgan fingerprint density at radius 2 is 2.03 bits per heavy atom. The van der Waals surface area contributed by atoms with E-state index in [4.69, 9.17) is 33.0 Å². The highest BCUT2D eigenvalue weighted by Crippen LogP contribution is 2.41. The van der Waals surface area contributed by atoms with Crippen LogP contribution >= 0.6 is 35.6 Å². The molecule has 2 atom stereocenters. The maximum Gasteiger partial charge on any atom is 0.170 e. The molecule has 1 aliphatic heterocycles. The van der Waals surface area contributed by atoms with E-state index >= 15 is 0 Å². The number of hydrogen-bond acceptors (Lipinski definition) is 5. The molecule has 8 heteroatoms. The van der Waals surface area contributed by atoms with Crippen LogP contribution in [0.25, 0.3) is 0 Å². The van der Waals surface area contributed by atoms with Gasteiger partial charge >= 0.3 is 0 Å². The van der Waals surface area contributed by atoms with Crippen LogP contribution in [0.2, 0.25) is 5.02 Å². The molecule has 3 aromatic rings. The molecule has 0 aliphatic carbocycles. The molecule has 0 amide bonds. The lowest BCUT2D eigenvalue weighted by Crippen LogP contribution is -2.32. The van der Waals surface area contributed by atoms with Crippen molar-refractivity contribution in [1.29, 1.82) is 0 Å². The van der Waals surface area contributed by atoms with Gasteiger partial charge in [0.15, 0.2) is 10.2 Å². The number of ether oxygens (including phenoxy) is 1. The van der Waals surface area contributed by atoms with E-state index in [0.717, 1.165) is 21.4 Å². The second kappa shape index (κ2) is 9.17. The Bertz CT molecular complexity index is 966. The standard InChI is InChI=1S/C21H20ClN3O2S2/c1-26-13-12-25-20(19(24-21(25)28)16-4-2-3-11-23-16)17-9-10-18(27-17)29-15-7-5-14(22)6-8-15/h2-11,19-20H,12-13H2,1H3,(H,24,28)/t19-,20+/m0/s1. The second-order valence-electron chi connectivity index (χ2n) is 6.53. The monoisotopic (exact) mass is 445 g/mol. The highest BCUT2D eigenvalue weighted by molar-refractivity contribution is 7.99. The highest BCUT2D eigenvalue weighted by Gasteiger charge is 2.41. The quantitative estimate of drug-likeness (QED) is 0.508. The van der Waals surface area contributed by atoms with Gasteiger partial charge in [0.1, 0.15) is 11.8 Å². The van der Waals surface area contributed by atoms with Crippen molar-refractivity contribution >= 4 is 40.7 Å². The Balaban J connectivity index is 1.62. The van der Waals surface area contributed by atoms with E-state index in [1.165, 1.54) is 0 Å². The molecule has 1 N–H and O–H groups in total. The summed E-state index contributed by atoms with van der Waals surface area (Å²) in [5.74, 6) is 0.834. The minimum atomic E-state index is -0.105. The zero-order valence-electron chi connectivity index (χ0n) is 15.7. The highest BCUT2D eigenvalue weighted by atomic mass is 35.5. The van der Waals surface area contributed by atoms with Gasteiger partial charge in [-0.25, -0.2) is 0 Å². The molecule has 1 fully saturated rings. The summed E-state index contributed by atoms with van der Waals surface area (Å²) in [6, 6.07) is 17.4. The molecule has 2 aromatic heterocycles. The van der Waals surface area contributed by atoms with E-state index in [2.05, 4.69) is 15.2 Å². The lowest BCUT2D eigenvalue weighted by molar-refractivity contribution is 0.156. The predicted molar refractivity (Wildman–Crippen MR) is 118 cm³/mol. The number of rotatable bonds is 7. The van der Waals surface area contributed by atoms with Gasteiger partial charge in [-0.2, -0.15) is 0 Å². The van der Waals surface area contributed by atoms with E-state index in [-0.39, 0.29) is 12.1 Å². The molecule has 1 aromatic carbocycles. The first-order valence-corrected chi connectivity index (χ1v) is 10.8. The third kappa shape index (κ3) is 4.59. The molecule has 150 valence electrons. The number of nitrogens with zero attached hydrogens (tertiary/aromatic N) is 2. The molecule has 0 saturated carbocycles. The fraction of sp³-hybridized carbons (Fsp3) is 0.238. The van der Waals surface area contributed by atoms with Gasteiger partial charge in [0, 0.05) is 29.8 Å². The van der Waals surface area contributed by atoms with Gasteiger partial charge < -0.3 is 19.4 Å². The first kappa shape index (κ1) is 20.2. The number of benzene rings is 1. The molecular formula is C21H20ClN3O2S2. The summed E-state index contributed by atoms with van der Waals surface area (Å²) in [4.78, 5) is 7.70. The molecule has 0 radical (unpaired) electrons. The van der Waals surface area contributed by atoms with Crippen LogP contribution in [0.5, 0.6) is 0 Å². The molecule has 0 spiro atoms. The van der Waals surface area contributed by atoms with Gasteiger partial charge in [0.2, 0.25) is 0 Å². The van der Waals surface area contributed by atoms with Crippen LogP contribution in [-0.4, -0.2) is 35.3 Å². The smallest absolute Gasteiger partial charge is 0.170 e. The molecule has 0 unspecified atom stereocenters. The average Bonchev–Trinajstić information content (AvgIpc) is 3.32. The van der Waals surface area contributed by atoms with Crippen molar-refractivity contribution in [2.24, 2.45) is 0 Å². The molecule has 5 nitrogen and oxygen atoms in total. The van der Waals surface area contributed by atoms with Gasteiger partial charge in [0.25, 0.3) is 0 Å². The van der Waals surface area contributed by atoms with Gasteiger partial charge in [-0.15, -0.1) is 0 Å². The molecule has 3 heterocycles. The summed E-state index contributed by atoms with van der Waals surface area (Å²) in [5.41, 5.74) is 0.920. The molecule has 29 heavy (non-hydrogen) atoms. The zero-order valence-corrected chi connectivity index (χ0v) is 18.1. The summed E-state index contributed by atoms with van der Waals surface area (Å²) in [7, 11) is 1.69. The third-order valence-electron chi connectivity index (χ3n) is 4.66. The number of furan rings is 1. The number of pyridine rings is 1. The Hall–Kier alpha value is -2.06. The lowest BCUT2D eigenvalue weighted by Gasteiger charge is -2.25. The molecular weight excluding hydrogens is 426 g/mol. The van der Waals surface area contributed by atoms with Gasteiger partial charge in [-0.3, -0.25) is 4.98 Å². The largest absolute Gasteiger partial charge is 0.452 e. The van der Waals surface area contributed by atoms with Crippen LogP contribution in [0, 0.1) is 0 Å². The van der Waals surface area contributed by atoms with Crippen LogP contribution in [0.15, 0.2) is 75.2 Å². The van der Waals surface area contributed by atoms with Crippen LogP contribution < -0.4 is 5.32 Å². The fourth-order valence-electron chi connectivity index (χ4n) is 3.31. The number of methoxy groups -OCH3 is 1. The third-order valence-corrected chi connectivity index (χ3v) is 6.19. The SMILES string of the molecule is COCCN1C(=S)N[C@@H](c2ccccn2)[C@H]1c1ccc(Sc2ccc(Cl)cc2)o1. The van der Waals surface area contributed by atoms with Gasteiger partial charge in [-0.05, 0) is 60.7 Å². The van der Waals surface area contributed by atoms with Crippen LogP contribution in [0.1, 0.15) is 23.5 Å². The lowest BCUT2D eigenvalue weighted by atomic mass is 10.0. The first-order valence-electron chi connectivity index (χ1n) is 9.16. The minimum Gasteiger partial charge on any atom is -0.452 e. The molecule has 1 aliphatic rings. The summed E-state index contributed by atoms with van der Waals surface area (Å²) in [5, 5.41) is 5.60. The number of nitrogens with one attached hydrogen (secondary N) is 1. The number of thiocarbonyl (C=S) groups is 1. The summed E-state index contributed by atoms with van der Waals surface area (Å²) in [6.07, 6.45) is 1.79. The number of aromatic nitrogens is 1. The zero-order chi connectivity index (χ0) is 20.2. The predicted octanol–water partition coefficient (Wildman–Crippen LogP) is 5.10. The van der Waals surface area contributed by atoms with Crippen molar-refractivity contribution in [3.8, 4) is 0 Å². The summed E-state index contributed by atoms with van der Waals surface area (Å²) >= 11 is 13.1. The number of halogens is 1. The van der Waals surface area contributed by atoms with E-state index in [1.54, 1.807) is 25.1 Å². The van der Waals surface area contributed by atoms with E-state index in [9.17, 15) is 0 Å². The molecule has 4 rings (SSSR count). The van der Waals surface area contributed by atoms with Crippen molar-refractivity contribution in [3.05, 3.63) is 77.3 Å². The minimum absolute atomic E-state index is 0.0971. The Kier molecular flexibility index (Phi) is 6.40. The normalized spacial score (nSPS) is 18.8. The Labute approximate surface area is 184 Å². The van der Waals surface area contributed by atoms with Crippen molar-refractivity contribution in [2.45, 2.75) is 22.1 Å². The van der Waals surface area contributed by atoms with Crippen LogP contribution in [0.4, 0.5) is 0 Å². The maximum atomic E-state index is 6.23. The molecule has 1 saturated heterocycles. The topological polar surface area (TPSA) is 50.5 Å². The van der Waals surface area contributed by atoms with Crippen molar-refractivity contribution < 1.29 is 9.15 Å². The summed E-state index contributed by atoms with van der Waals surface area (Å²) < 4.78 is 11.5. The van der Waals surface area contributed by atoms with E-state index in [0.29, 0.717) is 23.3 Å². The fourth-order valence-corrected chi connectivity index (χ4v) is 4.55. The summed E-state index contributed by atoms with van der Waals surface area (Å²) in [6.45, 7) is 1.23. The Morgan fingerprint density at radius 1 is 1.21 bits per heavy atom. The maximum absolute atomic E-state index is 6.23. The number of hydrogen-bond donors (Lipinski definition) is 1.